The fourth-order valence-electron chi connectivity index (χ4n) is 3.40. The molecule has 132 valence electrons. The normalized spacial score (nSPS) is 17.6. The molecule has 2 saturated heterocycles. The van der Waals surface area contributed by atoms with Crippen LogP contribution in [0.5, 0.6) is 0 Å². The third-order valence-electron chi connectivity index (χ3n) is 4.87. The van der Waals surface area contributed by atoms with Gasteiger partial charge in [0.2, 0.25) is 0 Å². The molecule has 0 saturated carbocycles. The standard InChI is InChI=1S/C17H17N7O2/c25-16-7-15(20-14-3-1-2-5-23(14)16)21-9-13(10-21)24-11-12(8-19-24)22-6-4-18-17(22)26/h1-3,5,7-8,11,13H,4,6,9-10H2,(H,18,26). The van der Waals surface area contributed by atoms with Gasteiger partial charge in [-0.05, 0) is 12.1 Å². The highest BCUT2D eigenvalue weighted by Crippen LogP contribution is 2.27. The molecule has 1 N–H and O–H groups in total. The number of urea groups is 1. The lowest BCUT2D eigenvalue weighted by Gasteiger charge is -2.40. The number of fused-ring (bicyclic) bond motifs is 1. The minimum absolute atomic E-state index is 0.0828. The van der Waals surface area contributed by atoms with E-state index >= 15 is 0 Å². The van der Waals surface area contributed by atoms with E-state index in [1.54, 1.807) is 23.4 Å². The summed E-state index contributed by atoms with van der Waals surface area (Å²) in [6, 6.07) is 7.18. The second-order valence-corrected chi connectivity index (χ2v) is 6.50. The van der Waals surface area contributed by atoms with Crippen molar-refractivity contribution in [2.45, 2.75) is 6.04 Å². The van der Waals surface area contributed by atoms with Crippen LogP contribution in [0.25, 0.3) is 5.65 Å². The number of anilines is 2. The van der Waals surface area contributed by atoms with Crippen LogP contribution < -0.4 is 20.7 Å². The summed E-state index contributed by atoms with van der Waals surface area (Å²) >= 11 is 0. The Kier molecular flexibility index (Phi) is 3.21. The van der Waals surface area contributed by atoms with Crippen molar-refractivity contribution in [3.63, 3.8) is 0 Å². The lowest BCUT2D eigenvalue weighted by atomic mass is 10.1. The molecular weight excluding hydrogens is 334 g/mol. The number of nitrogens with zero attached hydrogens (tertiary/aromatic N) is 6. The van der Waals surface area contributed by atoms with E-state index in [0.29, 0.717) is 24.6 Å². The van der Waals surface area contributed by atoms with E-state index in [1.807, 2.05) is 29.1 Å². The molecule has 9 nitrogen and oxygen atoms in total. The number of hydrogen-bond donors (Lipinski definition) is 1. The monoisotopic (exact) mass is 351 g/mol. The minimum atomic E-state index is -0.0875. The Hall–Kier alpha value is -3.36. The smallest absolute Gasteiger partial charge is 0.322 e. The Morgan fingerprint density at radius 3 is 2.88 bits per heavy atom. The van der Waals surface area contributed by atoms with Gasteiger partial charge in [-0.25, -0.2) is 9.78 Å². The zero-order chi connectivity index (χ0) is 17.7. The average molecular weight is 351 g/mol. The van der Waals surface area contributed by atoms with Gasteiger partial charge in [-0.15, -0.1) is 0 Å². The quantitative estimate of drug-likeness (QED) is 0.742. The van der Waals surface area contributed by atoms with Crippen LogP contribution in [0, 0.1) is 0 Å². The first-order valence-electron chi connectivity index (χ1n) is 8.52. The number of amides is 2. The summed E-state index contributed by atoms with van der Waals surface area (Å²) in [5.41, 5.74) is 1.36. The highest BCUT2D eigenvalue weighted by molar-refractivity contribution is 5.93. The van der Waals surface area contributed by atoms with Crippen molar-refractivity contribution in [3.8, 4) is 0 Å². The van der Waals surface area contributed by atoms with Gasteiger partial charge in [0, 0.05) is 44.6 Å². The molecule has 0 spiro atoms. The maximum atomic E-state index is 12.2. The molecule has 0 atom stereocenters. The Morgan fingerprint density at radius 2 is 2.08 bits per heavy atom. The van der Waals surface area contributed by atoms with Crippen LogP contribution in [0.1, 0.15) is 6.04 Å². The number of nitrogens with one attached hydrogen (secondary N) is 1. The summed E-state index contributed by atoms with van der Waals surface area (Å²) in [5, 5.41) is 7.18. The molecule has 3 aromatic rings. The van der Waals surface area contributed by atoms with Gasteiger partial charge in [0.25, 0.3) is 5.56 Å². The predicted molar refractivity (Wildman–Crippen MR) is 95.7 cm³/mol. The van der Waals surface area contributed by atoms with Crippen LogP contribution in [0.15, 0.2) is 47.7 Å². The molecule has 2 amide bonds. The third-order valence-corrected chi connectivity index (χ3v) is 4.87. The fraction of sp³-hybridized carbons (Fsp3) is 0.294. The maximum absolute atomic E-state index is 12.2. The Bertz CT molecular complexity index is 1050. The molecule has 2 aliphatic heterocycles. The van der Waals surface area contributed by atoms with Crippen molar-refractivity contribution >= 4 is 23.2 Å². The lowest BCUT2D eigenvalue weighted by molar-refractivity contribution is 0.252. The molecule has 5 heterocycles. The summed E-state index contributed by atoms with van der Waals surface area (Å²) in [4.78, 5) is 32.3. The number of hydrogen-bond acceptors (Lipinski definition) is 5. The number of aromatic nitrogens is 4. The number of rotatable bonds is 3. The number of carbonyl (C=O) groups is 1. The summed E-state index contributed by atoms with van der Waals surface area (Å²) in [6.07, 6.45) is 5.33. The van der Waals surface area contributed by atoms with Gasteiger partial charge >= 0.3 is 6.03 Å². The molecule has 0 unspecified atom stereocenters. The summed E-state index contributed by atoms with van der Waals surface area (Å²) in [6.45, 7) is 2.77. The van der Waals surface area contributed by atoms with Crippen LogP contribution in [0.4, 0.5) is 16.3 Å². The first-order valence-corrected chi connectivity index (χ1v) is 8.52. The summed E-state index contributed by atoms with van der Waals surface area (Å²) in [7, 11) is 0. The van der Waals surface area contributed by atoms with Crippen molar-refractivity contribution in [3.05, 3.63) is 53.2 Å². The lowest BCUT2D eigenvalue weighted by Crippen LogP contribution is -2.48. The number of pyridine rings is 1. The molecule has 5 rings (SSSR count). The molecule has 0 bridgehead atoms. The van der Waals surface area contributed by atoms with Crippen LogP contribution in [0.2, 0.25) is 0 Å². The molecule has 3 aromatic heterocycles. The van der Waals surface area contributed by atoms with Crippen molar-refractivity contribution in [1.29, 1.82) is 0 Å². The Balaban J connectivity index is 1.33. The van der Waals surface area contributed by atoms with Gasteiger partial charge in [-0.1, -0.05) is 6.07 Å². The van der Waals surface area contributed by atoms with E-state index in [1.165, 1.54) is 4.40 Å². The minimum Gasteiger partial charge on any atom is -0.352 e. The fourth-order valence-corrected chi connectivity index (χ4v) is 3.40. The summed E-state index contributed by atoms with van der Waals surface area (Å²) < 4.78 is 3.41. The SMILES string of the molecule is O=C1NCCN1c1cnn(C2CN(c3cc(=O)n4ccccc4n3)C2)c1. The molecule has 26 heavy (non-hydrogen) atoms. The van der Waals surface area contributed by atoms with E-state index in [9.17, 15) is 9.59 Å². The van der Waals surface area contributed by atoms with Gasteiger partial charge in [-0.2, -0.15) is 5.10 Å². The third kappa shape index (κ3) is 2.32. The van der Waals surface area contributed by atoms with Crippen molar-refractivity contribution in [2.24, 2.45) is 0 Å². The van der Waals surface area contributed by atoms with Crippen molar-refractivity contribution in [1.82, 2.24) is 24.5 Å². The van der Waals surface area contributed by atoms with Crippen LogP contribution in [-0.2, 0) is 0 Å². The highest BCUT2D eigenvalue weighted by atomic mass is 16.2. The Labute approximate surface area is 148 Å². The van der Waals surface area contributed by atoms with Crippen molar-refractivity contribution < 1.29 is 4.79 Å². The van der Waals surface area contributed by atoms with Gasteiger partial charge in [0.1, 0.15) is 11.5 Å². The van der Waals surface area contributed by atoms with E-state index in [4.69, 9.17) is 0 Å². The molecule has 2 fully saturated rings. The Morgan fingerprint density at radius 1 is 1.19 bits per heavy atom. The van der Waals surface area contributed by atoms with Crippen molar-refractivity contribution in [2.75, 3.05) is 36.0 Å². The predicted octanol–water partition coefficient (Wildman–Crippen LogP) is 0.482. The molecule has 0 aromatic carbocycles. The molecule has 2 aliphatic rings. The van der Waals surface area contributed by atoms with E-state index in [-0.39, 0.29) is 17.6 Å². The van der Waals surface area contributed by atoms with Gasteiger partial charge in [0.05, 0.1) is 17.9 Å². The van der Waals surface area contributed by atoms with E-state index in [2.05, 4.69) is 20.3 Å². The van der Waals surface area contributed by atoms with Crippen LogP contribution in [-0.4, -0.2) is 51.4 Å². The zero-order valence-electron chi connectivity index (χ0n) is 13.9. The second-order valence-electron chi connectivity index (χ2n) is 6.50. The van der Waals surface area contributed by atoms with Gasteiger partial charge in [-0.3, -0.25) is 18.8 Å². The van der Waals surface area contributed by atoms with Gasteiger partial charge in [0.15, 0.2) is 0 Å². The summed E-state index contributed by atoms with van der Waals surface area (Å²) in [5.74, 6) is 0.684. The molecule has 0 aliphatic carbocycles. The number of carbonyl (C=O) groups excluding carboxylic acids is 1. The molecule has 9 heteroatoms. The first-order chi connectivity index (χ1) is 12.7. The highest BCUT2D eigenvalue weighted by Gasteiger charge is 2.31. The first kappa shape index (κ1) is 14.9. The van der Waals surface area contributed by atoms with Crippen LogP contribution in [0.3, 0.4) is 0 Å². The zero-order valence-corrected chi connectivity index (χ0v) is 13.9. The van der Waals surface area contributed by atoms with Crippen LogP contribution >= 0.6 is 0 Å². The molecular formula is C17H17N7O2. The van der Waals surface area contributed by atoms with E-state index < -0.39 is 0 Å². The van der Waals surface area contributed by atoms with Gasteiger partial charge < -0.3 is 10.2 Å². The topological polar surface area (TPSA) is 87.8 Å². The average Bonchev–Trinajstić information content (AvgIpc) is 3.22. The largest absolute Gasteiger partial charge is 0.352 e. The molecule has 0 radical (unpaired) electrons. The van der Waals surface area contributed by atoms with E-state index in [0.717, 1.165) is 18.8 Å². The maximum Gasteiger partial charge on any atom is 0.322 e. The second kappa shape index (κ2) is 5.58.